The largest absolute Gasteiger partial charge is 0.481 e. The summed E-state index contributed by atoms with van der Waals surface area (Å²) in [4.78, 5) is 12.2. The molecule has 24 heavy (non-hydrogen) atoms. The number of carbonyl (C=O) groups is 1. The Balaban J connectivity index is 0.000000413. The summed E-state index contributed by atoms with van der Waals surface area (Å²) < 4.78 is 0. The second-order valence-electron chi connectivity index (χ2n) is 5.73. The van der Waals surface area contributed by atoms with E-state index in [1.807, 2.05) is 62.4 Å². The average Bonchev–Trinajstić information content (AvgIpc) is 2.61. The van der Waals surface area contributed by atoms with Gasteiger partial charge in [-0.2, -0.15) is 0 Å². The van der Waals surface area contributed by atoms with Crippen molar-refractivity contribution < 1.29 is 15.0 Å². The number of aliphatic hydroxyl groups excluding tert-OH is 1. The van der Waals surface area contributed by atoms with Crippen molar-refractivity contribution in [1.82, 2.24) is 0 Å². The first-order valence-electron chi connectivity index (χ1n) is 8.34. The monoisotopic (exact) mass is 346 g/mol. The molecular formula is C20H26O3S. The molecule has 0 heterocycles. The van der Waals surface area contributed by atoms with E-state index >= 15 is 0 Å². The average molecular weight is 346 g/mol. The minimum Gasteiger partial charge on any atom is -0.481 e. The number of hydrogen-bond donors (Lipinski definition) is 2. The van der Waals surface area contributed by atoms with Gasteiger partial charge in [-0.25, -0.2) is 0 Å². The minimum absolute atomic E-state index is 0.0648. The van der Waals surface area contributed by atoms with Crippen molar-refractivity contribution >= 4 is 23.1 Å². The number of carboxylic acid groups (broad SMARTS) is 1. The van der Waals surface area contributed by atoms with E-state index in [1.165, 1.54) is 0 Å². The summed E-state index contributed by atoms with van der Waals surface area (Å²) in [5.41, 5.74) is 1.78. The van der Waals surface area contributed by atoms with E-state index in [0.29, 0.717) is 12.8 Å². The van der Waals surface area contributed by atoms with Gasteiger partial charge in [0.25, 0.3) is 0 Å². The summed E-state index contributed by atoms with van der Waals surface area (Å²) in [7, 11) is 0. The molecule has 130 valence electrons. The molecular weight excluding hydrogens is 320 g/mol. The fraction of sp³-hybridized carbons (Fsp3) is 0.400. The third-order valence-electron chi connectivity index (χ3n) is 3.94. The number of benzene rings is 1. The van der Waals surface area contributed by atoms with Gasteiger partial charge in [-0.1, -0.05) is 74.6 Å². The van der Waals surface area contributed by atoms with Gasteiger partial charge in [0.05, 0.1) is 12.0 Å². The molecule has 1 atom stereocenters. The summed E-state index contributed by atoms with van der Waals surface area (Å²) >= 11 is 5.26. The van der Waals surface area contributed by atoms with Crippen LogP contribution in [0.2, 0.25) is 0 Å². The molecule has 1 aliphatic carbocycles. The van der Waals surface area contributed by atoms with Crippen LogP contribution in [-0.2, 0) is 11.2 Å². The number of aliphatic hydroxyl groups is 1. The molecule has 4 heteroatoms. The molecule has 1 aliphatic rings. The van der Waals surface area contributed by atoms with E-state index in [1.54, 1.807) is 0 Å². The van der Waals surface area contributed by atoms with Gasteiger partial charge >= 0.3 is 5.97 Å². The van der Waals surface area contributed by atoms with Crippen LogP contribution >= 0.6 is 12.2 Å². The maximum absolute atomic E-state index is 11.4. The Morgan fingerprint density at radius 3 is 2.29 bits per heavy atom. The molecule has 1 aromatic rings. The van der Waals surface area contributed by atoms with Gasteiger partial charge in [0.1, 0.15) is 0 Å². The molecule has 0 aromatic heterocycles. The molecule has 2 rings (SSSR count). The van der Waals surface area contributed by atoms with Crippen LogP contribution in [0.1, 0.15) is 38.7 Å². The van der Waals surface area contributed by atoms with Gasteiger partial charge < -0.3 is 10.2 Å². The molecule has 0 saturated carbocycles. The highest BCUT2D eigenvalue weighted by Gasteiger charge is 2.25. The number of hydrogen-bond acceptors (Lipinski definition) is 3. The Hall–Kier alpha value is -1.78. The van der Waals surface area contributed by atoms with Gasteiger partial charge in [-0.3, -0.25) is 4.79 Å². The van der Waals surface area contributed by atoms with Crippen molar-refractivity contribution in [2.24, 2.45) is 5.92 Å². The molecule has 0 saturated heterocycles. The number of allylic oxidation sites excluding steroid dienone is 3. The number of rotatable bonds is 6. The number of thiocarbonyl (C=S) groups is 1. The van der Waals surface area contributed by atoms with E-state index in [9.17, 15) is 9.90 Å². The molecule has 0 radical (unpaired) electrons. The summed E-state index contributed by atoms with van der Waals surface area (Å²) in [5, 5.41) is 18.0. The van der Waals surface area contributed by atoms with Crippen LogP contribution in [0.3, 0.4) is 0 Å². The highest BCUT2D eigenvalue weighted by molar-refractivity contribution is 7.80. The second kappa shape index (κ2) is 10.9. The van der Waals surface area contributed by atoms with Crippen molar-refractivity contribution in [3.05, 3.63) is 59.7 Å². The van der Waals surface area contributed by atoms with Gasteiger partial charge in [0.15, 0.2) is 0 Å². The maximum atomic E-state index is 11.4. The SMILES string of the molecule is CCC(O)CC.O=C(O)C(Cc1ccccc1)C1=CC=CCC1=S. The van der Waals surface area contributed by atoms with Gasteiger partial charge in [-0.15, -0.1) is 0 Å². The molecule has 2 N–H and O–H groups in total. The molecule has 1 unspecified atom stereocenters. The Kier molecular flexibility index (Phi) is 9.20. The van der Waals surface area contributed by atoms with Crippen LogP contribution in [0.4, 0.5) is 0 Å². The van der Waals surface area contributed by atoms with Crippen LogP contribution in [0.15, 0.2) is 54.1 Å². The van der Waals surface area contributed by atoms with E-state index in [4.69, 9.17) is 17.3 Å². The zero-order valence-electron chi connectivity index (χ0n) is 14.3. The van der Waals surface area contributed by atoms with Crippen molar-refractivity contribution in [2.75, 3.05) is 0 Å². The van der Waals surface area contributed by atoms with E-state index in [2.05, 4.69) is 0 Å². The highest BCUT2D eigenvalue weighted by Crippen LogP contribution is 2.23. The first-order chi connectivity index (χ1) is 11.5. The predicted octanol–water partition coefficient (Wildman–Crippen LogP) is 4.35. The van der Waals surface area contributed by atoms with E-state index < -0.39 is 11.9 Å². The Morgan fingerprint density at radius 1 is 1.21 bits per heavy atom. The highest BCUT2D eigenvalue weighted by atomic mass is 32.1. The van der Waals surface area contributed by atoms with Gasteiger partial charge in [0.2, 0.25) is 0 Å². The molecule has 0 aliphatic heterocycles. The fourth-order valence-electron chi connectivity index (χ4n) is 2.34. The zero-order chi connectivity index (χ0) is 17.9. The van der Waals surface area contributed by atoms with E-state index in [0.717, 1.165) is 28.8 Å². The first-order valence-corrected chi connectivity index (χ1v) is 8.75. The van der Waals surface area contributed by atoms with Crippen LogP contribution < -0.4 is 0 Å². The lowest BCUT2D eigenvalue weighted by molar-refractivity contribution is -0.140. The zero-order valence-corrected chi connectivity index (χ0v) is 15.1. The maximum Gasteiger partial charge on any atom is 0.311 e. The lowest BCUT2D eigenvalue weighted by Crippen LogP contribution is -2.23. The molecule has 3 nitrogen and oxygen atoms in total. The summed E-state index contributed by atoms with van der Waals surface area (Å²) in [5.74, 6) is -1.37. The minimum atomic E-state index is -0.817. The number of carboxylic acids is 1. The quantitative estimate of drug-likeness (QED) is 0.752. The lowest BCUT2D eigenvalue weighted by atomic mass is 9.87. The van der Waals surface area contributed by atoms with Crippen molar-refractivity contribution in [2.45, 2.75) is 45.6 Å². The molecule has 0 fully saturated rings. The second-order valence-corrected chi connectivity index (χ2v) is 6.22. The van der Waals surface area contributed by atoms with Crippen LogP contribution in [0.25, 0.3) is 0 Å². The smallest absolute Gasteiger partial charge is 0.311 e. The molecule has 0 amide bonds. The normalized spacial score (nSPS) is 14.7. The van der Waals surface area contributed by atoms with E-state index in [-0.39, 0.29) is 6.10 Å². The third kappa shape index (κ3) is 6.77. The van der Waals surface area contributed by atoms with Crippen LogP contribution in [0, 0.1) is 5.92 Å². The van der Waals surface area contributed by atoms with Crippen LogP contribution in [0.5, 0.6) is 0 Å². The van der Waals surface area contributed by atoms with Crippen LogP contribution in [-0.4, -0.2) is 27.2 Å². The summed E-state index contributed by atoms with van der Waals surface area (Å²) in [6.45, 7) is 3.96. The topological polar surface area (TPSA) is 57.5 Å². The third-order valence-corrected chi connectivity index (χ3v) is 4.34. The van der Waals surface area contributed by atoms with Crippen molar-refractivity contribution in [1.29, 1.82) is 0 Å². The number of aliphatic carboxylic acids is 1. The Morgan fingerprint density at radius 2 is 1.83 bits per heavy atom. The lowest BCUT2D eigenvalue weighted by Gasteiger charge is -2.18. The van der Waals surface area contributed by atoms with Gasteiger partial charge in [-0.05, 0) is 30.4 Å². The standard InChI is InChI=1S/C15H14O2S.C5H12O/c16-15(17)13(10-11-6-2-1-3-7-11)12-8-4-5-9-14(12)18;1-3-5(6)4-2/h1-8,13H,9-10H2,(H,16,17);5-6H,3-4H2,1-2H3. The Labute approximate surface area is 149 Å². The van der Waals surface area contributed by atoms with Crippen molar-refractivity contribution in [3.63, 3.8) is 0 Å². The van der Waals surface area contributed by atoms with Crippen molar-refractivity contribution in [3.8, 4) is 0 Å². The fourth-order valence-corrected chi connectivity index (χ4v) is 2.64. The molecule has 0 bridgehead atoms. The van der Waals surface area contributed by atoms with Gasteiger partial charge in [0, 0.05) is 11.3 Å². The molecule has 1 aromatic carbocycles. The molecule has 0 spiro atoms. The first kappa shape index (κ1) is 20.3. The summed E-state index contributed by atoms with van der Waals surface area (Å²) in [6.07, 6.45) is 8.51. The Bertz CT molecular complexity index is 586. The predicted molar refractivity (Wildman–Crippen MR) is 102 cm³/mol. The summed E-state index contributed by atoms with van der Waals surface area (Å²) in [6, 6.07) is 9.65.